The summed E-state index contributed by atoms with van der Waals surface area (Å²) in [6.07, 6.45) is 5.99. The van der Waals surface area contributed by atoms with Crippen LogP contribution in [0.1, 0.15) is 116 Å². The average Bonchev–Trinajstić information content (AvgIpc) is 3.28. The van der Waals surface area contributed by atoms with Crippen LogP contribution in [-0.2, 0) is 10.8 Å². The standard InChI is InChI=1S/C33H44/c1-20(2)29-25-15-14-23(32(6,7)8)17-27(25)28-19-24(33(9,10)11)18-26(30(28)29)21-12-13-22(16-21)31(3,4)5/h13-20,29H,12H2,1-11H3. The predicted octanol–water partition coefficient (Wildman–Crippen LogP) is 9.81. The molecule has 0 heterocycles. The maximum absolute atomic E-state index is 2.52. The lowest BCUT2D eigenvalue weighted by molar-refractivity contribution is 0.518. The highest BCUT2D eigenvalue weighted by molar-refractivity contribution is 5.88. The van der Waals surface area contributed by atoms with Gasteiger partial charge in [-0.15, -0.1) is 0 Å². The van der Waals surface area contributed by atoms with Crippen LogP contribution in [-0.4, -0.2) is 0 Å². The van der Waals surface area contributed by atoms with Gasteiger partial charge in [0.2, 0.25) is 0 Å². The Morgan fingerprint density at radius 1 is 0.697 bits per heavy atom. The summed E-state index contributed by atoms with van der Waals surface area (Å²) in [5.41, 5.74) is 13.8. The van der Waals surface area contributed by atoms with Gasteiger partial charge in [0.25, 0.3) is 0 Å². The van der Waals surface area contributed by atoms with Crippen LogP contribution in [0.4, 0.5) is 0 Å². The van der Waals surface area contributed by atoms with Crippen molar-refractivity contribution in [3.63, 3.8) is 0 Å². The fourth-order valence-electron chi connectivity index (χ4n) is 5.52. The van der Waals surface area contributed by atoms with Crippen molar-refractivity contribution in [3.05, 3.63) is 75.9 Å². The fourth-order valence-corrected chi connectivity index (χ4v) is 5.52. The van der Waals surface area contributed by atoms with Crippen molar-refractivity contribution in [2.45, 2.75) is 99.3 Å². The first kappa shape index (κ1) is 24.1. The van der Waals surface area contributed by atoms with Crippen LogP contribution >= 0.6 is 0 Å². The summed E-state index contributed by atoms with van der Waals surface area (Å²) in [7, 11) is 0. The van der Waals surface area contributed by atoms with E-state index in [1.165, 1.54) is 44.5 Å². The third-order valence-electron chi connectivity index (χ3n) is 7.65. The number of benzene rings is 2. The lowest BCUT2D eigenvalue weighted by Crippen LogP contribution is -2.14. The normalized spacial score (nSPS) is 18.4. The van der Waals surface area contributed by atoms with Gasteiger partial charge >= 0.3 is 0 Å². The van der Waals surface area contributed by atoms with Crippen LogP contribution < -0.4 is 0 Å². The molecule has 1 atom stereocenters. The van der Waals surface area contributed by atoms with Crippen molar-refractivity contribution >= 4 is 5.57 Å². The topological polar surface area (TPSA) is 0 Å². The van der Waals surface area contributed by atoms with Crippen LogP contribution in [0.3, 0.4) is 0 Å². The van der Waals surface area contributed by atoms with Crippen LogP contribution in [0, 0.1) is 11.3 Å². The molecule has 0 aliphatic heterocycles. The van der Waals surface area contributed by atoms with E-state index in [0.29, 0.717) is 11.8 Å². The van der Waals surface area contributed by atoms with E-state index in [-0.39, 0.29) is 16.2 Å². The molecular formula is C33H44. The Balaban J connectivity index is 2.01. The van der Waals surface area contributed by atoms with Gasteiger partial charge in [-0.2, -0.15) is 0 Å². The van der Waals surface area contributed by atoms with Gasteiger partial charge in [-0.1, -0.05) is 119 Å². The molecule has 2 aromatic carbocycles. The monoisotopic (exact) mass is 440 g/mol. The van der Waals surface area contributed by atoms with Gasteiger partial charge in [-0.25, -0.2) is 0 Å². The zero-order valence-corrected chi connectivity index (χ0v) is 22.9. The third-order valence-corrected chi connectivity index (χ3v) is 7.65. The Labute approximate surface area is 203 Å². The second-order valence-electron chi connectivity index (χ2n) is 13.8. The van der Waals surface area contributed by atoms with E-state index < -0.39 is 0 Å². The lowest BCUT2D eigenvalue weighted by atomic mass is 9.78. The van der Waals surface area contributed by atoms with Gasteiger partial charge in [-0.3, -0.25) is 0 Å². The summed E-state index contributed by atoms with van der Waals surface area (Å²) in [6.45, 7) is 25.8. The average molecular weight is 441 g/mol. The molecule has 0 saturated carbocycles. The Kier molecular flexibility index (Phi) is 5.63. The summed E-state index contributed by atoms with van der Waals surface area (Å²) in [5, 5.41) is 0. The number of rotatable bonds is 2. The smallest absolute Gasteiger partial charge is 0.0131 e. The van der Waals surface area contributed by atoms with Gasteiger partial charge in [-0.05, 0) is 78.7 Å². The van der Waals surface area contributed by atoms with E-state index >= 15 is 0 Å². The Hall–Kier alpha value is -2.08. The molecule has 176 valence electrons. The van der Waals surface area contributed by atoms with Crippen molar-refractivity contribution in [1.29, 1.82) is 0 Å². The van der Waals surface area contributed by atoms with Crippen LogP contribution in [0.15, 0.2) is 48.1 Å². The highest BCUT2D eigenvalue weighted by atomic mass is 14.4. The minimum atomic E-state index is 0.112. The maximum atomic E-state index is 2.52. The molecule has 0 N–H and O–H groups in total. The third kappa shape index (κ3) is 4.27. The lowest BCUT2D eigenvalue weighted by Gasteiger charge is -2.26. The Morgan fingerprint density at radius 2 is 1.27 bits per heavy atom. The molecular weight excluding hydrogens is 396 g/mol. The van der Waals surface area contributed by atoms with E-state index in [9.17, 15) is 0 Å². The van der Waals surface area contributed by atoms with E-state index in [0.717, 1.165) is 6.42 Å². The van der Waals surface area contributed by atoms with Gasteiger partial charge in [0, 0.05) is 5.92 Å². The molecule has 4 rings (SSSR count). The molecule has 0 amide bonds. The van der Waals surface area contributed by atoms with Crippen LogP contribution in [0.25, 0.3) is 16.7 Å². The van der Waals surface area contributed by atoms with Gasteiger partial charge < -0.3 is 0 Å². The molecule has 0 fully saturated rings. The second kappa shape index (κ2) is 7.72. The quantitative estimate of drug-likeness (QED) is 0.436. The molecule has 0 bridgehead atoms. The predicted molar refractivity (Wildman–Crippen MR) is 146 cm³/mol. The highest BCUT2D eigenvalue weighted by Gasteiger charge is 2.36. The van der Waals surface area contributed by atoms with Crippen LogP contribution in [0.2, 0.25) is 0 Å². The summed E-state index contributed by atoms with van der Waals surface area (Å²) in [6, 6.07) is 12.3. The molecule has 2 aliphatic rings. The second-order valence-corrected chi connectivity index (χ2v) is 13.8. The first-order chi connectivity index (χ1) is 15.1. The Morgan fingerprint density at radius 3 is 1.79 bits per heavy atom. The highest BCUT2D eigenvalue weighted by Crippen LogP contribution is 2.53. The van der Waals surface area contributed by atoms with Crippen molar-refractivity contribution in [2.24, 2.45) is 11.3 Å². The van der Waals surface area contributed by atoms with E-state index in [4.69, 9.17) is 0 Å². The largest absolute Gasteiger partial charge is 0.0763 e. The minimum absolute atomic E-state index is 0.112. The van der Waals surface area contributed by atoms with Crippen molar-refractivity contribution in [2.75, 3.05) is 0 Å². The van der Waals surface area contributed by atoms with Crippen molar-refractivity contribution in [1.82, 2.24) is 0 Å². The number of fused-ring (bicyclic) bond motifs is 3. The zero-order valence-electron chi connectivity index (χ0n) is 22.9. The molecule has 2 aliphatic carbocycles. The summed E-state index contributed by atoms with van der Waals surface area (Å²) >= 11 is 0. The van der Waals surface area contributed by atoms with Crippen molar-refractivity contribution < 1.29 is 0 Å². The maximum Gasteiger partial charge on any atom is 0.0131 e. The minimum Gasteiger partial charge on any atom is -0.0763 e. The number of hydrogen-bond acceptors (Lipinski definition) is 0. The number of hydrogen-bond donors (Lipinski definition) is 0. The zero-order chi connectivity index (χ0) is 24.5. The molecule has 0 saturated heterocycles. The number of allylic oxidation sites excluding steroid dienone is 4. The molecule has 0 spiro atoms. The molecule has 0 radical (unpaired) electrons. The molecule has 1 unspecified atom stereocenters. The Bertz CT molecular complexity index is 1140. The van der Waals surface area contributed by atoms with Crippen LogP contribution in [0.5, 0.6) is 0 Å². The molecule has 33 heavy (non-hydrogen) atoms. The first-order valence-corrected chi connectivity index (χ1v) is 12.8. The van der Waals surface area contributed by atoms with Gasteiger partial charge in [0.15, 0.2) is 0 Å². The molecule has 0 aromatic heterocycles. The molecule has 0 heteroatoms. The summed E-state index contributed by atoms with van der Waals surface area (Å²) in [4.78, 5) is 0. The van der Waals surface area contributed by atoms with E-state index in [1.54, 1.807) is 5.56 Å². The molecule has 0 nitrogen and oxygen atoms in total. The summed E-state index contributed by atoms with van der Waals surface area (Å²) in [5.74, 6) is 1.01. The van der Waals surface area contributed by atoms with Crippen molar-refractivity contribution in [3.8, 4) is 11.1 Å². The van der Waals surface area contributed by atoms with Gasteiger partial charge in [0.1, 0.15) is 0 Å². The molecule has 2 aromatic rings. The van der Waals surface area contributed by atoms with E-state index in [2.05, 4.69) is 119 Å². The van der Waals surface area contributed by atoms with Gasteiger partial charge in [0.05, 0.1) is 0 Å². The SMILES string of the molecule is CC(C)C1c2ccc(C(C)(C)C)cc2-c2cc(C(C)(C)C)cc(C3=CC(C(C)(C)C)=CC3)c21. The first-order valence-electron chi connectivity index (χ1n) is 12.8. The van der Waals surface area contributed by atoms with E-state index in [1.807, 2.05) is 0 Å². The summed E-state index contributed by atoms with van der Waals surface area (Å²) < 4.78 is 0. The fraction of sp³-hybridized carbons (Fsp3) is 0.515.